The molecule has 4 atom stereocenters. The molecule has 2 aliphatic rings. The second-order valence-electron chi connectivity index (χ2n) is 4.22. The molecule has 2 heteroatoms. The van der Waals surface area contributed by atoms with Gasteiger partial charge < -0.3 is 0 Å². The van der Waals surface area contributed by atoms with E-state index in [9.17, 15) is 9.59 Å². The van der Waals surface area contributed by atoms with Gasteiger partial charge in [-0.3, -0.25) is 9.59 Å². The summed E-state index contributed by atoms with van der Waals surface area (Å²) in [5, 5.41) is 0. The van der Waals surface area contributed by atoms with Crippen molar-refractivity contribution in [3.8, 4) is 0 Å². The van der Waals surface area contributed by atoms with Gasteiger partial charge in [-0.15, -0.1) is 0 Å². The maximum absolute atomic E-state index is 11.4. The number of allylic oxidation sites excluding steroid dienone is 2. The van der Waals surface area contributed by atoms with E-state index in [2.05, 4.69) is 12.2 Å². The summed E-state index contributed by atoms with van der Waals surface area (Å²) in [4.78, 5) is 22.7. The van der Waals surface area contributed by atoms with Gasteiger partial charge in [0.15, 0.2) is 0 Å². The largest absolute Gasteiger partial charge is 0.300 e. The lowest BCUT2D eigenvalue weighted by Gasteiger charge is -2.23. The van der Waals surface area contributed by atoms with Crippen molar-refractivity contribution in [2.24, 2.45) is 23.7 Å². The van der Waals surface area contributed by atoms with Gasteiger partial charge in [0, 0.05) is 11.8 Å². The Balaban J connectivity index is 2.30. The highest BCUT2D eigenvalue weighted by molar-refractivity contribution is 5.89. The van der Waals surface area contributed by atoms with Gasteiger partial charge >= 0.3 is 0 Å². The molecule has 2 rings (SSSR count). The van der Waals surface area contributed by atoms with Crippen LogP contribution in [0.5, 0.6) is 0 Å². The molecule has 0 heterocycles. The Morgan fingerprint density at radius 1 is 1.00 bits per heavy atom. The normalized spacial score (nSPS) is 41.1. The second kappa shape index (κ2) is 2.79. The maximum atomic E-state index is 11.4. The Labute approximate surface area is 78.0 Å². The summed E-state index contributed by atoms with van der Waals surface area (Å²) >= 11 is 0. The van der Waals surface area contributed by atoms with Crippen LogP contribution >= 0.6 is 0 Å². The topological polar surface area (TPSA) is 34.1 Å². The van der Waals surface area contributed by atoms with Crippen molar-refractivity contribution in [3.63, 3.8) is 0 Å². The quantitative estimate of drug-likeness (QED) is 0.602. The van der Waals surface area contributed by atoms with E-state index in [-0.39, 0.29) is 23.4 Å². The van der Waals surface area contributed by atoms with E-state index in [1.165, 1.54) is 0 Å². The molecule has 1 fully saturated rings. The van der Waals surface area contributed by atoms with Gasteiger partial charge in [-0.25, -0.2) is 0 Å². The zero-order valence-corrected chi connectivity index (χ0v) is 7.99. The molecule has 0 amide bonds. The summed E-state index contributed by atoms with van der Waals surface area (Å²) in [5.41, 5.74) is 0. The molecule has 0 spiro atoms. The summed E-state index contributed by atoms with van der Waals surface area (Å²) in [6.45, 7) is 3.21. The molecule has 2 bridgehead atoms. The van der Waals surface area contributed by atoms with E-state index in [4.69, 9.17) is 0 Å². The second-order valence-corrected chi connectivity index (χ2v) is 4.22. The summed E-state index contributed by atoms with van der Waals surface area (Å²) in [6.07, 6.45) is 5.22. The third-order valence-electron chi connectivity index (χ3n) is 3.40. The Morgan fingerprint density at radius 2 is 1.38 bits per heavy atom. The highest BCUT2D eigenvalue weighted by Gasteiger charge is 2.48. The first-order chi connectivity index (χ1) is 6.11. The minimum atomic E-state index is -0.0208. The first kappa shape index (κ1) is 8.67. The minimum absolute atomic E-state index is 0.0208. The van der Waals surface area contributed by atoms with Crippen molar-refractivity contribution >= 4 is 11.6 Å². The minimum Gasteiger partial charge on any atom is -0.300 e. The van der Waals surface area contributed by atoms with Crippen LogP contribution in [0.25, 0.3) is 0 Å². The van der Waals surface area contributed by atoms with E-state index >= 15 is 0 Å². The molecular formula is C11H14O2. The van der Waals surface area contributed by atoms with E-state index in [0.717, 1.165) is 6.42 Å². The summed E-state index contributed by atoms with van der Waals surface area (Å²) < 4.78 is 0. The molecule has 2 aliphatic carbocycles. The molecule has 2 nitrogen and oxygen atoms in total. The van der Waals surface area contributed by atoms with Gasteiger partial charge in [-0.05, 0) is 32.1 Å². The molecule has 1 saturated carbocycles. The molecule has 0 aromatic carbocycles. The average molecular weight is 178 g/mol. The molecule has 70 valence electrons. The lowest BCUT2D eigenvalue weighted by molar-refractivity contribution is -0.130. The zero-order valence-electron chi connectivity index (χ0n) is 7.99. The number of rotatable bonds is 2. The predicted octanol–water partition coefficient (Wildman–Crippen LogP) is 1.60. The summed E-state index contributed by atoms with van der Waals surface area (Å²) in [6, 6.07) is 0. The third kappa shape index (κ3) is 1.16. The average Bonchev–Trinajstić information content (AvgIpc) is 2.60. The van der Waals surface area contributed by atoms with Crippen molar-refractivity contribution in [2.75, 3.05) is 0 Å². The molecule has 0 N–H and O–H groups in total. The number of carbonyl (C=O) groups excluding carboxylic acids is 2. The molecule has 0 aromatic rings. The van der Waals surface area contributed by atoms with Crippen molar-refractivity contribution in [3.05, 3.63) is 12.2 Å². The Kier molecular flexibility index (Phi) is 1.86. The lowest BCUT2D eigenvalue weighted by Crippen LogP contribution is -2.30. The number of hydrogen-bond donors (Lipinski definition) is 0. The van der Waals surface area contributed by atoms with Crippen molar-refractivity contribution in [2.45, 2.75) is 20.3 Å². The van der Waals surface area contributed by atoms with Crippen molar-refractivity contribution in [1.29, 1.82) is 0 Å². The molecule has 0 aromatic heterocycles. The Bertz CT molecular complexity index is 262. The van der Waals surface area contributed by atoms with Gasteiger partial charge in [0.25, 0.3) is 0 Å². The molecule has 0 radical (unpaired) electrons. The molecule has 0 aliphatic heterocycles. The van der Waals surface area contributed by atoms with E-state index < -0.39 is 0 Å². The fraction of sp³-hybridized carbons (Fsp3) is 0.636. The fourth-order valence-electron chi connectivity index (χ4n) is 2.93. The highest BCUT2D eigenvalue weighted by atomic mass is 16.1. The maximum Gasteiger partial charge on any atom is 0.134 e. The van der Waals surface area contributed by atoms with Crippen LogP contribution in [-0.2, 0) is 9.59 Å². The van der Waals surface area contributed by atoms with Gasteiger partial charge in [-0.1, -0.05) is 12.2 Å². The summed E-state index contributed by atoms with van der Waals surface area (Å²) in [5.74, 6) is 1.00. The summed E-state index contributed by atoms with van der Waals surface area (Å²) in [7, 11) is 0. The molecular weight excluding hydrogens is 164 g/mol. The fourth-order valence-corrected chi connectivity index (χ4v) is 2.93. The smallest absolute Gasteiger partial charge is 0.134 e. The molecule has 0 saturated heterocycles. The van der Waals surface area contributed by atoms with Crippen LogP contribution < -0.4 is 0 Å². The lowest BCUT2D eigenvalue weighted by atomic mass is 9.79. The van der Waals surface area contributed by atoms with E-state index in [0.29, 0.717) is 11.8 Å². The van der Waals surface area contributed by atoms with Crippen LogP contribution in [0.3, 0.4) is 0 Å². The zero-order chi connectivity index (χ0) is 9.59. The van der Waals surface area contributed by atoms with Crippen LogP contribution in [0.15, 0.2) is 12.2 Å². The molecule has 13 heavy (non-hydrogen) atoms. The van der Waals surface area contributed by atoms with Crippen LogP contribution in [0.2, 0.25) is 0 Å². The van der Waals surface area contributed by atoms with E-state index in [1.54, 1.807) is 13.8 Å². The number of carbonyl (C=O) groups is 2. The number of Topliss-reactive ketones (excluding diaryl/α,β-unsaturated/α-hetero) is 2. The first-order valence-corrected chi connectivity index (χ1v) is 4.80. The van der Waals surface area contributed by atoms with Crippen molar-refractivity contribution in [1.82, 2.24) is 0 Å². The highest BCUT2D eigenvalue weighted by Crippen LogP contribution is 2.48. The van der Waals surface area contributed by atoms with Gasteiger partial charge in [0.05, 0.1) is 0 Å². The van der Waals surface area contributed by atoms with Crippen LogP contribution in [0.4, 0.5) is 0 Å². The van der Waals surface area contributed by atoms with Crippen LogP contribution in [0, 0.1) is 23.7 Å². The van der Waals surface area contributed by atoms with Crippen LogP contribution in [-0.4, -0.2) is 11.6 Å². The van der Waals surface area contributed by atoms with E-state index in [1.807, 2.05) is 0 Å². The van der Waals surface area contributed by atoms with Gasteiger partial charge in [0.2, 0.25) is 0 Å². The Hall–Kier alpha value is -0.920. The Morgan fingerprint density at radius 3 is 1.69 bits per heavy atom. The van der Waals surface area contributed by atoms with Crippen molar-refractivity contribution < 1.29 is 9.59 Å². The third-order valence-corrected chi connectivity index (χ3v) is 3.40. The number of hydrogen-bond acceptors (Lipinski definition) is 2. The standard InChI is InChI=1S/C11H14O2/c1-6(12)10-8-3-4-9(5-8)11(10)7(2)13/h3-4,8-11H,5H2,1-2H3/t8-,9?,10+,11-/m1/s1. The first-order valence-electron chi connectivity index (χ1n) is 4.80. The van der Waals surface area contributed by atoms with Crippen LogP contribution in [0.1, 0.15) is 20.3 Å². The SMILES string of the molecule is CC(=O)[C@H]1[C@@H]2C=CC(C2)[C@H]1C(C)=O. The number of ketones is 2. The molecule has 1 unspecified atom stereocenters. The number of fused-ring (bicyclic) bond motifs is 2. The predicted molar refractivity (Wildman–Crippen MR) is 49.1 cm³/mol. The van der Waals surface area contributed by atoms with Gasteiger partial charge in [0.1, 0.15) is 11.6 Å². The monoisotopic (exact) mass is 178 g/mol. The van der Waals surface area contributed by atoms with Gasteiger partial charge in [-0.2, -0.15) is 0 Å².